The standard InChI is InChI=1S/C20H20N4O2/c1-14-5-7-17(8-6-14)18-9-10-19(25)24(23-18)15(2)20(26)22-13-16-4-3-11-21-12-16/h3-12,15H,13H2,1-2H3,(H,22,26). The van der Waals surface area contributed by atoms with Crippen molar-refractivity contribution in [2.24, 2.45) is 0 Å². The van der Waals surface area contributed by atoms with E-state index in [1.54, 1.807) is 25.4 Å². The van der Waals surface area contributed by atoms with Gasteiger partial charge in [0.05, 0.1) is 5.69 Å². The van der Waals surface area contributed by atoms with Crippen molar-refractivity contribution in [3.63, 3.8) is 0 Å². The summed E-state index contributed by atoms with van der Waals surface area (Å²) in [6, 6.07) is 13.9. The number of hydrogen-bond donors (Lipinski definition) is 1. The van der Waals surface area contributed by atoms with Gasteiger partial charge in [0.1, 0.15) is 6.04 Å². The van der Waals surface area contributed by atoms with E-state index in [1.807, 2.05) is 43.3 Å². The largest absolute Gasteiger partial charge is 0.350 e. The summed E-state index contributed by atoms with van der Waals surface area (Å²) in [6.45, 7) is 4.02. The van der Waals surface area contributed by atoms with Crippen molar-refractivity contribution < 1.29 is 4.79 Å². The number of nitrogens with one attached hydrogen (secondary N) is 1. The van der Waals surface area contributed by atoms with Gasteiger partial charge in [0, 0.05) is 30.6 Å². The molecule has 1 N–H and O–H groups in total. The zero-order chi connectivity index (χ0) is 18.5. The molecule has 1 unspecified atom stereocenters. The summed E-state index contributed by atoms with van der Waals surface area (Å²) in [5, 5.41) is 7.19. The summed E-state index contributed by atoms with van der Waals surface area (Å²) < 4.78 is 1.22. The minimum atomic E-state index is -0.718. The van der Waals surface area contributed by atoms with E-state index >= 15 is 0 Å². The Labute approximate surface area is 151 Å². The Morgan fingerprint density at radius 3 is 2.62 bits per heavy atom. The van der Waals surface area contributed by atoms with Gasteiger partial charge in [-0.3, -0.25) is 14.6 Å². The fourth-order valence-electron chi connectivity index (χ4n) is 2.53. The Morgan fingerprint density at radius 1 is 1.15 bits per heavy atom. The average molecular weight is 348 g/mol. The highest BCUT2D eigenvalue weighted by molar-refractivity contribution is 5.79. The Morgan fingerprint density at radius 2 is 1.92 bits per heavy atom. The van der Waals surface area contributed by atoms with Gasteiger partial charge in [-0.1, -0.05) is 35.9 Å². The number of aromatic nitrogens is 3. The van der Waals surface area contributed by atoms with Crippen molar-refractivity contribution in [3.8, 4) is 11.3 Å². The molecule has 0 aliphatic carbocycles. The molecule has 132 valence electrons. The molecule has 0 aliphatic rings. The van der Waals surface area contributed by atoms with Gasteiger partial charge in [0.2, 0.25) is 5.91 Å². The SMILES string of the molecule is Cc1ccc(-c2ccc(=O)n(C(C)C(=O)NCc3cccnc3)n2)cc1. The molecule has 0 bridgehead atoms. The number of carbonyl (C=O) groups is 1. The topological polar surface area (TPSA) is 76.9 Å². The number of aryl methyl sites for hydroxylation is 1. The summed E-state index contributed by atoms with van der Waals surface area (Å²) in [5.74, 6) is -0.274. The van der Waals surface area contributed by atoms with E-state index in [-0.39, 0.29) is 11.5 Å². The van der Waals surface area contributed by atoms with Crippen LogP contribution in [0.1, 0.15) is 24.1 Å². The van der Waals surface area contributed by atoms with Gasteiger partial charge in [0.25, 0.3) is 5.56 Å². The predicted molar refractivity (Wildman–Crippen MR) is 99.5 cm³/mol. The first-order valence-corrected chi connectivity index (χ1v) is 8.38. The second-order valence-corrected chi connectivity index (χ2v) is 6.12. The molecule has 0 saturated heterocycles. The van der Waals surface area contributed by atoms with E-state index in [4.69, 9.17) is 0 Å². The van der Waals surface area contributed by atoms with Gasteiger partial charge in [-0.25, -0.2) is 4.68 Å². The van der Waals surface area contributed by atoms with E-state index in [1.165, 1.54) is 10.7 Å². The second kappa shape index (κ2) is 7.74. The van der Waals surface area contributed by atoms with Crippen LogP contribution in [-0.2, 0) is 11.3 Å². The van der Waals surface area contributed by atoms with Crippen molar-refractivity contribution in [2.45, 2.75) is 26.4 Å². The van der Waals surface area contributed by atoms with Gasteiger partial charge in [-0.15, -0.1) is 0 Å². The normalized spacial score (nSPS) is 11.8. The third-order valence-corrected chi connectivity index (χ3v) is 4.11. The lowest BCUT2D eigenvalue weighted by Gasteiger charge is -2.15. The molecule has 3 rings (SSSR count). The van der Waals surface area contributed by atoms with Gasteiger partial charge < -0.3 is 5.32 Å². The van der Waals surface area contributed by atoms with Crippen LogP contribution in [0.25, 0.3) is 11.3 Å². The van der Waals surface area contributed by atoms with Crippen LogP contribution >= 0.6 is 0 Å². The molecule has 2 aromatic heterocycles. The number of amides is 1. The highest BCUT2D eigenvalue weighted by atomic mass is 16.2. The molecule has 0 radical (unpaired) electrons. The van der Waals surface area contributed by atoms with Crippen LogP contribution in [0, 0.1) is 6.92 Å². The Kier molecular flexibility index (Phi) is 5.22. The number of carbonyl (C=O) groups excluding carboxylic acids is 1. The van der Waals surface area contributed by atoms with Crippen molar-refractivity contribution >= 4 is 5.91 Å². The first-order chi connectivity index (χ1) is 12.5. The number of nitrogens with zero attached hydrogens (tertiary/aromatic N) is 3. The summed E-state index contributed by atoms with van der Waals surface area (Å²) in [5.41, 5.74) is 3.26. The van der Waals surface area contributed by atoms with Crippen LogP contribution in [0.3, 0.4) is 0 Å². The van der Waals surface area contributed by atoms with Crippen molar-refractivity contribution in [3.05, 3.63) is 82.4 Å². The number of pyridine rings is 1. The monoisotopic (exact) mass is 348 g/mol. The lowest BCUT2D eigenvalue weighted by atomic mass is 10.1. The number of benzene rings is 1. The molecule has 1 atom stereocenters. The molecule has 0 spiro atoms. The molecule has 0 aliphatic heterocycles. The van der Waals surface area contributed by atoms with Crippen LogP contribution in [0.2, 0.25) is 0 Å². The Bertz CT molecular complexity index is 950. The summed E-state index contributed by atoms with van der Waals surface area (Å²) >= 11 is 0. The van der Waals surface area contributed by atoms with Gasteiger partial charge in [-0.05, 0) is 31.5 Å². The van der Waals surface area contributed by atoms with E-state index in [0.717, 1.165) is 16.7 Å². The smallest absolute Gasteiger partial charge is 0.267 e. The molecule has 0 saturated carbocycles. The molecule has 2 heterocycles. The first kappa shape index (κ1) is 17.5. The van der Waals surface area contributed by atoms with Gasteiger partial charge in [0.15, 0.2) is 0 Å². The van der Waals surface area contributed by atoms with Crippen LogP contribution in [-0.4, -0.2) is 20.7 Å². The average Bonchev–Trinajstić information content (AvgIpc) is 2.67. The Balaban J connectivity index is 1.78. The maximum absolute atomic E-state index is 12.4. The van der Waals surface area contributed by atoms with E-state index in [2.05, 4.69) is 15.4 Å². The fourth-order valence-corrected chi connectivity index (χ4v) is 2.53. The van der Waals surface area contributed by atoms with Crippen molar-refractivity contribution in [2.75, 3.05) is 0 Å². The lowest BCUT2D eigenvalue weighted by Crippen LogP contribution is -2.36. The third kappa shape index (κ3) is 4.03. The number of hydrogen-bond acceptors (Lipinski definition) is 4. The zero-order valence-corrected chi connectivity index (χ0v) is 14.7. The molecule has 0 fully saturated rings. The lowest BCUT2D eigenvalue weighted by molar-refractivity contribution is -0.124. The van der Waals surface area contributed by atoms with Crippen LogP contribution in [0.5, 0.6) is 0 Å². The minimum Gasteiger partial charge on any atom is -0.350 e. The second-order valence-electron chi connectivity index (χ2n) is 6.12. The quantitative estimate of drug-likeness (QED) is 0.768. The molecule has 26 heavy (non-hydrogen) atoms. The molecule has 1 aromatic carbocycles. The van der Waals surface area contributed by atoms with Crippen LogP contribution in [0.15, 0.2) is 65.7 Å². The molecule has 3 aromatic rings. The third-order valence-electron chi connectivity index (χ3n) is 4.11. The summed E-state index contributed by atoms with van der Waals surface area (Å²) in [6.07, 6.45) is 3.36. The molecule has 6 nitrogen and oxygen atoms in total. The molecule has 6 heteroatoms. The fraction of sp³-hybridized carbons (Fsp3) is 0.200. The number of rotatable bonds is 5. The Hall–Kier alpha value is -3.28. The zero-order valence-electron chi connectivity index (χ0n) is 14.7. The highest BCUT2D eigenvalue weighted by Gasteiger charge is 2.17. The maximum Gasteiger partial charge on any atom is 0.267 e. The van der Waals surface area contributed by atoms with Crippen LogP contribution in [0.4, 0.5) is 0 Å². The predicted octanol–water partition coefficient (Wildman–Crippen LogP) is 2.49. The van der Waals surface area contributed by atoms with Crippen molar-refractivity contribution in [1.29, 1.82) is 0 Å². The molecular weight excluding hydrogens is 328 g/mol. The molecule has 1 amide bonds. The highest BCUT2D eigenvalue weighted by Crippen LogP contribution is 2.16. The summed E-state index contributed by atoms with van der Waals surface area (Å²) in [4.78, 5) is 28.6. The minimum absolute atomic E-state index is 0.274. The van der Waals surface area contributed by atoms with E-state index in [0.29, 0.717) is 12.2 Å². The van der Waals surface area contributed by atoms with Crippen LogP contribution < -0.4 is 10.9 Å². The van der Waals surface area contributed by atoms with E-state index in [9.17, 15) is 9.59 Å². The van der Waals surface area contributed by atoms with Gasteiger partial charge >= 0.3 is 0 Å². The van der Waals surface area contributed by atoms with Gasteiger partial charge in [-0.2, -0.15) is 5.10 Å². The van der Waals surface area contributed by atoms with E-state index < -0.39 is 6.04 Å². The molecular formula is C20H20N4O2. The first-order valence-electron chi connectivity index (χ1n) is 8.38. The van der Waals surface area contributed by atoms with Crippen molar-refractivity contribution in [1.82, 2.24) is 20.1 Å². The summed E-state index contributed by atoms with van der Waals surface area (Å²) in [7, 11) is 0. The maximum atomic E-state index is 12.4.